The summed E-state index contributed by atoms with van der Waals surface area (Å²) in [4.78, 5) is 22.7. The Hall–Kier alpha value is -2.41. The van der Waals surface area contributed by atoms with Crippen LogP contribution in [0, 0.1) is 0 Å². The number of carbonyl (C=O) groups is 1. The number of amides is 1. The van der Waals surface area contributed by atoms with Crippen LogP contribution in [0.3, 0.4) is 0 Å². The molecule has 0 N–H and O–H groups in total. The first-order chi connectivity index (χ1) is 11.7. The fourth-order valence-corrected chi connectivity index (χ4v) is 2.87. The largest absolute Gasteiger partial charge is 0.481 e. The van der Waals surface area contributed by atoms with Crippen molar-refractivity contribution in [3.63, 3.8) is 0 Å². The molecule has 7 heteroatoms. The Bertz CT molecular complexity index is 714. The lowest BCUT2D eigenvalue weighted by Crippen LogP contribution is -2.36. The fraction of sp³-hybridized carbons (Fsp3) is 0.471. The van der Waals surface area contributed by atoms with Crippen molar-refractivity contribution in [3.8, 4) is 17.1 Å². The highest BCUT2D eigenvalue weighted by Gasteiger charge is 2.21. The summed E-state index contributed by atoms with van der Waals surface area (Å²) in [5, 5.41) is 0. The van der Waals surface area contributed by atoms with E-state index in [9.17, 15) is 4.79 Å². The molecule has 7 nitrogen and oxygen atoms in total. The number of methoxy groups -OCH3 is 1. The van der Waals surface area contributed by atoms with Gasteiger partial charge in [0.15, 0.2) is 0 Å². The van der Waals surface area contributed by atoms with E-state index in [2.05, 4.69) is 14.5 Å². The zero-order valence-corrected chi connectivity index (χ0v) is 14.1. The standard InChI is InChI=1S/C17H22N4O3/c1-3-24-12-17(22)20-7-5-15-19-11-14(21(15)9-8-20)13-4-6-18-16(10-13)23-2/h4,6,10-11H,3,5,7-9,12H2,1-2H3. The molecule has 0 fully saturated rings. The summed E-state index contributed by atoms with van der Waals surface area (Å²) in [6.07, 6.45) is 4.34. The number of pyridine rings is 1. The van der Waals surface area contributed by atoms with Crippen LogP contribution >= 0.6 is 0 Å². The molecule has 0 atom stereocenters. The highest BCUT2D eigenvalue weighted by atomic mass is 16.5. The van der Waals surface area contributed by atoms with Gasteiger partial charge in [-0.25, -0.2) is 9.97 Å². The number of hydrogen-bond donors (Lipinski definition) is 0. The molecule has 3 rings (SSSR count). The van der Waals surface area contributed by atoms with Gasteiger partial charge in [0.25, 0.3) is 0 Å². The molecule has 2 aromatic rings. The maximum absolute atomic E-state index is 12.2. The van der Waals surface area contributed by atoms with E-state index in [0.717, 1.165) is 23.5 Å². The number of ether oxygens (including phenoxy) is 2. The SMILES string of the molecule is CCOCC(=O)N1CCc2ncc(-c3ccnc(OC)c3)n2CC1. The summed E-state index contributed by atoms with van der Waals surface area (Å²) in [5.41, 5.74) is 2.03. The van der Waals surface area contributed by atoms with Crippen molar-refractivity contribution in [2.24, 2.45) is 0 Å². The molecule has 0 aliphatic carbocycles. The summed E-state index contributed by atoms with van der Waals surface area (Å²) >= 11 is 0. The summed E-state index contributed by atoms with van der Waals surface area (Å²) in [6, 6.07) is 3.84. The van der Waals surface area contributed by atoms with E-state index in [-0.39, 0.29) is 12.5 Å². The lowest BCUT2D eigenvalue weighted by molar-refractivity contribution is -0.135. The summed E-state index contributed by atoms with van der Waals surface area (Å²) in [7, 11) is 1.60. The Morgan fingerprint density at radius 2 is 2.17 bits per heavy atom. The highest BCUT2D eigenvalue weighted by molar-refractivity contribution is 5.77. The molecule has 0 bridgehead atoms. The van der Waals surface area contributed by atoms with Crippen LogP contribution in [0.1, 0.15) is 12.7 Å². The van der Waals surface area contributed by atoms with Crippen molar-refractivity contribution >= 4 is 5.91 Å². The van der Waals surface area contributed by atoms with Gasteiger partial charge >= 0.3 is 0 Å². The average molecular weight is 330 g/mol. The van der Waals surface area contributed by atoms with Crippen LogP contribution in [0.5, 0.6) is 5.88 Å². The number of rotatable bonds is 5. The van der Waals surface area contributed by atoms with Gasteiger partial charge in [0.05, 0.1) is 19.0 Å². The van der Waals surface area contributed by atoms with Crippen LogP contribution in [0.2, 0.25) is 0 Å². The Morgan fingerprint density at radius 3 is 2.96 bits per heavy atom. The molecular formula is C17H22N4O3. The minimum Gasteiger partial charge on any atom is -0.481 e. The van der Waals surface area contributed by atoms with Crippen molar-refractivity contribution in [1.82, 2.24) is 19.4 Å². The zero-order valence-electron chi connectivity index (χ0n) is 14.1. The normalized spacial score (nSPS) is 14.2. The van der Waals surface area contributed by atoms with Crippen molar-refractivity contribution in [2.75, 3.05) is 33.4 Å². The van der Waals surface area contributed by atoms with E-state index in [0.29, 0.717) is 32.1 Å². The van der Waals surface area contributed by atoms with Crippen LogP contribution in [0.25, 0.3) is 11.3 Å². The summed E-state index contributed by atoms with van der Waals surface area (Å²) < 4.78 is 12.6. The Balaban J connectivity index is 1.78. The van der Waals surface area contributed by atoms with Gasteiger partial charge in [-0.1, -0.05) is 0 Å². The van der Waals surface area contributed by atoms with E-state index < -0.39 is 0 Å². The molecule has 0 spiro atoms. The van der Waals surface area contributed by atoms with Gasteiger partial charge in [0, 0.05) is 50.5 Å². The minimum absolute atomic E-state index is 0.0368. The van der Waals surface area contributed by atoms with Crippen molar-refractivity contribution in [3.05, 3.63) is 30.4 Å². The van der Waals surface area contributed by atoms with E-state index in [4.69, 9.17) is 9.47 Å². The predicted molar refractivity (Wildman–Crippen MR) is 88.8 cm³/mol. The third-order valence-electron chi connectivity index (χ3n) is 4.16. The predicted octanol–water partition coefficient (Wildman–Crippen LogP) is 1.37. The highest BCUT2D eigenvalue weighted by Crippen LogP contribution is 2.24. The maximum Gasteiger partial charge on any atom is 0.248 e. The molecule has 1 amide bonds. The zero-order chi connectivity index (χ0) is 16.9. The fourth-order valence-electron chi connectivity index (χ4n) is 2.87. The first-order valence-corrected chi connectivity index (χ1v) is 8.13. The van der Waals surface area contributed by atoms with E-state index >= 15 is 0 Å². The molecule has 1 aliphatic heterocycles. The summed E-state index contributed by atoms with van der Waals surface area (Å²) in [5.74, 6) is 1.60. The van der Waals surface area contributed by atoms with Crippen LogP contribution in [-0.2, 0) is 22.5 Å². The third kappa shape index (κ3) is 3.41. The first-order valence-electron chi connectivity index (χ1n) is 8.13. The Labute approximate surface area is 141 Å². The van der Waals surface area contributed by atoms with Gasteiger partial charge in [0.2, 0.25) is 11.8 Å². The van der Waals surface area contributed by atoms with E-state index in [1.807, 2.05) is 30.2 Å². The van der Waals surface area contributed by atoms with Crippen LogP contribution in [0.15, 0.2) is 24.5 Å². The molecule has 0 saturated carbocycles. The van der Waals surface area contributed by atoms with Gasteiger partial charge < -0.3 is 18.9 Å². The van der Waals surface area contributed by atoms with Gasteiger partial charge in [0.1, 0.15) is 12.4 Å². The van der Waals surface area contributed by atoms with Crippen LogP contribution in [0.4, 0.5) is 0 Å². The van der Waals surface area contributed by atoms with Gasteiger partial charge in [-0.05, 0) is 13.0 Å². The number of hydrogen-bond acceptors (Lipinski definition) is 5. The summed E-state index contributed by atoms with van der Waals surface area (Å²) in [6.45, 7) is 4.63. The van der Waals surface area contributed by atoms with Gasteiger partial charge in [-0.3, -0.25) is 4.79 Å². The van der Waals surface area contributed by atoms with E-state index in [1.165, 1.54) is 0 Å². The quantitative estimate of drug-likeness (QED) is 0.828. The maximum atomic E-state index is 12.2. The molecule has 3 heterocycles. The second-order valence-corrected chi connectivity index (χ2v) is 5.57. The van der Waals surface area contributed by atoms with Gasteiger partial charge in [-0.2, -0.15) is 0 Å². The second-order valence-electron chi connectivity index (χ2n) is 5.57. The van der Waals surface area contributed by atoms with Gasteiger partial charge in [-0.15, -0.1) is 0 Å². The number of carbonyl (C=O) groups excluding carboxylic acids is 1. The minimum atomic E-state index is 0.0368. The molecular weight excluding hydrogens is 308 g/mol. The number of nitrogens with zero attached hydrogens (tertiary/aromatic N) is 4. The molecule has 0 saturated heterocycles. The first kappa shape index (κ1) is 16.4. The molecule has 128 valence electrons. The molecule has 0 aromatic carbocycles. The lowest BCUT2D eigenvalue weighted by atomic mass is 10.2. The molecule has 2 aromatic heterocycles. The van der Waals surface area contributed by atoms with E-state index in [1.54, 1.807) is 13.3 Å². The van der Waals surface area contributed by atoms with Crippen molar-refractivity contribution in [2.45, 2.75) is 19.9 Å². The number of aromatic nitrogens is 3. The second kappa shape index (κ2) is 7.44. The van der Waals surface area contributed by atoms with Crippen LogP contribution < -0.4 is 4.74 Å². The van der Waals surface area contributed by atoms with Crippen molar-refractivity contribution < 1.29 is 14.3 Å². The molecule has 0 radical (unpaired) electrons. The Kier molecular flexibility index (Phi) is 5.10. The third-order valence-corrected chi connectivity index (χ3v) is 4.16. The Morgan fingerprint density at radius 1 is 1.29 bits per heavy atom. The smallest absolute Gasteiger partial charge is 0.248 e. The van der Waals surface area contributed by atoms with Crippen molar-refractivity contribution in [1.29, 1.82) is 0 Å². The average Bonchev–Trinajstić information content (AvgIpc) is 2.91. The molecule has 24 heavy (non-hydrogen) atoms. The van der Waals surface area contributed by atoms with Crippen LogP contribution in [-0.4, -0.2) is 58.8 Å². The number of imidazole rings is 1. The number of fused-ring (bicyclic) bond motifs is 1. The molecule has 0 unspecified atom stereocenters. The monoisotopic (exact) mass is 330 g/mol. The molecule has 1 aliphatic rings. The topological polar surface area (TPSA) is 69.5 Å². The lowest BCUT2D eigenvalue weighted by Gasteiger charge is -2.20.